The normalized spacial score (nSPS) is 19.8. The second-order valence-electron chi connectivity index (χ2n) is 5.73. The first kappa shape index (κ1) is 14.1. The summed E-state index contributed by atoms with van der Waals surface area (Å²) in [6.45, 7) is 3.36. The van der Waals surface area contributed by atoms with Crippen LogP contribution < -0.4 is 4.90 Å². The molecule has 2 nitrogen and oxygen atoms in total. The van der Waals surface area contributed by atoms with Crippen LogP contribution in [0.25, 0.3) is 0 Å². The lowest BCUT2D eigenvalue weighted by molar-refractivity contribution is 0.199. The molecule has 2 aromatic carbocycles. The van der Waals surface area contributed by atoms with Crippen LogP contribution in [0.15, 0.2) is 48.5 Å². The van der Waals surface area contributed by atoms with E-state index in [1.807, 2.05) is 6.07 Å². The highest BCUT2D eigenvalue weighted by Crippen LogP contribution is 2.32. The van der Waals surface area contributed by atoms with Gasteiger partial charge in [-0.1, -0.05) is 36.4 Å². The third-order valence-corrected chi connectivity index (χ3v) is 4.25. The van der Waals surface area contributed by atoms with Crippen molar-refractivity contribution >= 4 is 5.69 Å². The van der Waals surface area contributed by atoms with Crippen molar-refractivity contribution < 1.29 is 9.50 Å². The van der Waals surface area contributed by atoms with E-state index in [1.54, 1.807) is 19.1 Å². The summed E-state index contributed by atoms with van der Waals surface area (Å²) in [5.41, 5.74) is 2.58. The van der Waals surface area contributed by atoms with Gasteiger partial charge in [0.05, 0.1) is 11.8 Å². The van der Waals surface area contributed by atoms with E-state index in [-0.39, 0.29) is 5.82 Å². The Morgan fingerprint density at radius 3 is 2.62 bits per heavy atom. The molecule has 0 spiro atoms. The quantitative estimate of drug-likeness (QED) is 0.925. The highest BCUT2D eigenvalue weighted by Gasteiger charge is 2.25. The summed E-state index contributed by atoms with van der Waals surface area (Å²) in [5.74, 6) is 0.212. The number of hydrogen-bond acceptors (Lipinski definition) is 2. The molecule has 2 atom stereocenters. The molecule has 1 N–H and O–H groups in total. The molecular weight excluding hydrogens is 265 g/mol. The molecule has 0 bridgehead atoms. The van der Waals surface area contributed by atoms with Crippen LogP contribution in [0.2, 0.25) is 0 Å². The molecule has 21 heavy (non-hydrogen) atoms. The van der Waals surface area contributed by atoms with Gasteiger partial charge in [-0.3, -0.25) is 0 Å². The fraction of sp³-hybridized carbons (Fsp3) is 0.333. The van der Waals surface area contributed by atoms with E-state index in [1.165, 1.54) is 11.6 Å². The van der Waals surface area contributed by atoms with Crippen LogP contribution >= 0.6 is 0 Å². The predicted octanol–water partition coefficient (Wildman–Crippen LogP) is 3.87. The number of nitrogens with zero attached hydrogens (tertiary/aromatic N) is 1. The maximum atomic E-state index is 14.2. The first-order chi connectivity index (χ1) is 10.1. The monoisotopic (exact) mass is 285 g/mol. The Hall–Kier alpha value is -1.87. The molecule has 2 aromatic rings. The van der Waals surface area contributed by atoms with Crippen molar-refractivity contribution in [2.45, 2.75) is 25.4 Å². The average molecular weight is 285 g/mol. The Morgan fingerprint density at radius 1 is 1.19 bits per heavy atom. The predicted molar refractivity (Wildman–Crippen MR) is 83.0 cm³/mol. The molecule has 3 rings (SSSR count). The van der Waals surface area contributed by atoms with Crippen molar-refractivity contribution in [3.05, 3.63) is 65.5 Å². The van der Waals surface area contributed by atoms with E-state index in [2.05, 4.69) is 29.2 Å². The molecule has 110 valence electrons. The third kappa shape index (κ3) is 2.93. The molecule has 1 saturated heterocycles. The molecule has 0 aliphatic carbocycles. The highest BCUT2D eigenvalue weighted by molar-refractivity contribution is 5.51. The zero-order valence-electron chi connectivity index (χ0n) is 12.2. The van der Waals surface area contributed by atoms with E-state index >= 15 is 0 Å². The molecule has 1 aliphatic heterocycles. The SMILES string of the molecule is CC(O)c1ccc(N2CCC(c3ccccc3)C2)c(F)c1. The largest absolute Gasteiger partial charge is 0.389 e. The van der Waals surface area contributed by atoms with Crippen LogP contribution in [0.3, 0.4) is 0 Å². The Balaban J connectivity index is 1.77. The van der Waals surface area contributed by atoms with Gasteiger partial charge in [0.1, 0.15) is 5.82 Å². The summed E-state index contributed by atoms with van der Waals surface area (Å²) in [5, 5.41) is 9.51. The van der Waals surface area contributed by atoms with E-state index in [0.29, 0.717) is 17.2 Å². The van der Waals surface area contributed by atoms with Gasteiger partial charge < -0.3 is 10.0 Å². The number of aliphatic hydroxyl groups excluding tert-OH is 1. The van der Waals surface area contributed by atoms with Crippen LogP contribution in [-0.4, -0.2) is 18.2 Å². The number of benzene rings is 2. The molecule has 1 heterocycles. The number of rotatable bonds is 3. The van der Waals surface area contributed by atoms with Gasteiger partial charge in [0, 0.05) is 19.0 Å². The van der Waals surface area contributed by atoms with Crippen LogP contribution in [0, 0.1) is 5.82 Å². The van der Waals surface area contributed by atoms with Gasteiger partial charge in [0.15, 0.2) is 0 Å². The Bertz CT molecular complexity index is 612. The second-order valence-corrected chi connectivity index (χ2v) is 5.73. The minimum Gasteiger partial charge on any atom is -0.389 e. The zero-order chi connectivity index (χ0) is 14.8. The van der Waals surface area contributed by atoms with Crippen LogP contribution in [0.1, 0.15) is 36.5 Å². The van der Waals surface area contributed by atoms with Crippen molar-refractivity contribution in [2.75, 3.05) is 18.0 Å². The van der Waals surface area contributed by atoms with Crippen molar-refractivity contribution in [1.82, 2.24) is 0 Å². The lowest BCUT2D eigenvalue weighted by Crippen LogP contribution is -2.20. The van der Waals surface area contributed by atoms with Gasteiger partial charge in [0.25, 0.3) is 0 Å². The standard InChI is InChI=1S/C18H20FNO/c1-13(21)15-7-8-18(17(19)11-15)20-10-9-16(12-20)14-5-3-2-4-6-14/h2-8,11,13,16,21H,9-10,12H2,1H3. The molecule has 1 fully saturated rings. The van der Waals surface area contributed by atoms with E-state index in [9.17, 15) is 9.50 Å². The summed E-state index contributed by atoms with van der Waals surface area (Å²) in [4.78, 5) is 2.10. The second kappa shape index (κ2) is 5.86. The molecule has 0 aromatic heterocycles. The minimum absolute atomic E-state index is 0.248. The molecular formula is C18H20FNO. The van der Waals surface area contributed by atoms with Crippen molar-refractivity contribution in [1.29, 1.82) is 0 Å². The van der Waals surface area contributed by atoms with Crippen molar-refractivity contribution in [3.63, 3.8) is 0 Å². The molecule has 0 saturated carbocycles. The number of anilines is 1. The maximum Gasteiger partial charge on any atom is 0.146 e. The van der Waals surface area contributed by atoms with Gasteiger partial charge in [0.2, 0.25) is 0 Å². The summed E-state index contributed by atoms with van der Waals surface area (Å²) in [6.07, 6.45) is 0.408. The number of hydrogen-bond donors (Lipinski definition) is 1. The maximum absolute atomic E-state index is 14.2. The fourth-order valence-corrected chi connectivity index (χ4v) is 3.02. The van der Waals surface area contributed by atoms with Crippen LogP contribution in [0.5, 0.6) is 0 Å². The Morgan fingerprint density at radius 2 is 1.95 bits per heavy atom. The zero-order valence-corrected chi connectivity index (χ0v) is 12.2. The topological polar surface area (TPSA) is 23.5 Å². The summed E-state index contributed by atoms with van der Waals surface area (Å²) in [7, 11) is 0. The highest BCUT2D eigenvalue weighted by atomic mass is 19.1. The summed E-state index contributed by atoms with van der Waals surface area (Å²) < 4.78 is 14.2. The molecule has 0 radical (unpaired) electrons. The van der Waals surface area contributed by atoms with Crippen LogP contribution in [-0.2, 0) is 0 Å². The summed E-state index contributed by atoms with van der Waals surface area (Å²) >= 11 is 0. The van der Waals surface area contributed by atoms with Crippen molar-refractivity contribution in [2.24, 2.45) is 0 Å². The summed E-state index contributed by atoms with van der Waals surface area (Å²) in [6, 6.07) is 15.4. The van der Waals surface area contributed by atoms with Gasteiger partial charge >= 0.3 is 0 Å². The van der Waals surface area contributed by atoms with Gasteiger partial charge in [-0.2, -0.15) is 0 Å². The Labute approximate surface area is 124 Å². The first-order valence-corrected chi connectivity index (χ1v) is 7.42. The van der Waals surface area contributed by atoms with Gasteiger partial charge in [-0.05, 0) is 36.6 Å². The molecule has 1 aliphatic rings. The number of halogens is 1. The molecule has 3 heteroatoms. The smallest absolute Gasteiger partial charge is 0.146 e. The molecule has 0 amide bonds. The van der Waals surface area contributed by atoms with Gasteiger partial charge in [-0.15, -0.1) is 0 Å². The van der Waals surface area contributed by atoms with Crippen LogP contribution in [0.4, 0.5) is 10.1 Å². The van der Waals surface area contributed by atoms with Gasteiger partial charge in [-0.25, -0.2) is 4.39 Å². The lowest BCUT2D eigenvalue weighted by Gasteiger charge is -2.20. The van der Waals surface area contributed by atoms with E-state index in [4.69, 9.17) is 0 Å². The number of aliphatic hydroxyl groups is 1. The minimum atomic E-state index is -0.635. The fourth-order valence-electron chi connectivity index (χ4n) is 3.02. The van der Waals surface area contributed by atoms with E-state index in [0.717, 1.165) is 19.5 Å². The van der Waals surface area contributed by atoms with Crippen molar-refractivity contribution in [3.8, 4) is 0 Å². The molecule has 2 unspecified atom stereocenters. The average Bonchev–Trinajstić information content (AvgIpc) is 2.97. The third-order valence-electron chi connectivity index (χ3n) is 4.25. The van der Waals surface area contributed by atoms with E-state index < -0.39 is 6.10 Å². The lowest BCUT2D eigenvalue weighted by atomic mass is 9.99. The Kier molecular flexibility index (Phi) is 3.93. The first-order valence-electron chi connectivity index (χ1n) is 7.42.